The Balaban J connectivity index is 1.27. The predicted molar refractivity (Wildman–Crippen MR) is 167 cm³/mol. The number of anilines is 1. The van der Waals surface area contributed by atoms with Crippen LogP contribution < -0.4 is 10.2 Å². The molecule has 3 atom stereocenters. The standard InChI is InChI=1S/C33H44N6O6/c1-4-7-18-45-33(43)38-16-14-37(15-17-38)31(41)25(11-5-2)35-30(40)26-19-27(36-29(34-26)22-12-9-8-10-13-22)39-20-23-24(21-39)28(23)32(42)44-6-3/h8-10,12-13,19,23-25,28H,4-7,11,14-18,20-21H2,1-3H3,(H,35,40)/t23?,24?,25-,28?/m0/s1. The summed E-state index contributed by atoms with van der Waals surface area (Å²) in [6.45, 7) is 9.39. The molecule has 1 aromatic heterocycles. The molecular formula is C33H44N6O6. The summed E-state index contributed by atoms with van der Waals surface area (Å²) in [5.74, 6) is 0.614. The van der Waals surface area contributed by atoms with Crippen LogP contribution in [0.25, 0.3) is 11.4 Å². The molecular weight excluding hydrogens is 576 g/mol. The molecule has 2 unspecified atom stereocenters. The molecule has 1 aliphatic carbocycles. The highest BCUT2D eigenvalue weighted by Gasteiger charge is 2.60. The van der Waals surface area contributed by atoms with Gasteiger partial charge in [0, 0.05) is 50.9 Å². The van der Waals surface area contributed by atoms with E-state index in [-0.39, 0.29) is 41.4 Å². The van der Waals surface area contributed by atoms with Gasteiger partial charge in [-0.2, -0.15) is 0 Å². The number of fused-ring (bicyclic) bond motifs is 1. The van der Waals surface area contributed by atoms with Crippen LogP contribution in [-0.2, 0) is 19.1 Å². The molecule has 12 nitrogen and oxygen atoms in total. The molecule has 2 aliphatic heterocycles. The van der Waals surface area contributed by atoms with Crippen LogP contribution in [0.3, 0.4) is 0 Å². The second-order valence-corrected chi connectivity index (χ2v) is 11.9. The van der Waals surface area contributed by atoms with E-state index in [0.717, 1.165) is 18.4 Å². The Morgan fingerprint density at radius 3 is 2.24 bits per heavy atom. The molecule has 2 saturated heterocycles. The fourth-order valence-electron chi connectivity index (χ4n) is 6.23. The van der Waals surface area contributed by atoms with Crippen molar-refractivity contribution in [3.63, 3.8) is 0 Å². The van der Waals surface area contributed by atoms with Gasteiger partial charge in [-0.15, -0.1) is 0 Å². The summed E-state index contributed by atoms with van der Waals surface area (Å²) >= 11 is 0. The zero-order valence-electron chi connectivity index (χ0n) is 26.4. The molecule has 242 valence electrons. The topological polar surface area (TPSA) is 134 Å². The van der Waals surface area contributed by atoms with E-state index in [9.17, 15) is 19.2 Å². The number of piperazine rings is 1. The van der Waals surface area contributed by atoms with Crippen molar-refractivity contribution in [1.82, 2.24) is 25.1 Å². The van der Waals surface area contributed by atoms with Crippen molar-refractivity contribution in [2.75, 3.05) is 57.4 Å². The Morgan fingerprint density at radius 1 is 0.911 bits per heavy atom. The maximum absolute atomic E-state index is 13.7. The fraction of sp³-hybridized carbons (Fsp3) is 0.576. The molecule has 0 bridgehead atoms. The molecule has 3 amide bonds. The van der Waals surface area contributed by atoms with Crippen molar-refractivity contribution in [3.8, 4) is 11.4 Å². The van der Waals surface area contributed by atoms with Crippen molar-refractivity contribution in [2.45, 2.75) is 52.5 Å². The predicted octanol–water partition coefficient (Wildman–Crippen LogP) is 3.37. The lowest BCUT2D eigenvalue weighted by Gasteiger charge is -2.36. The molecule has 1 saturated carbocycles. The molecule has 3 heterocycles. The number of piperidine rings is 1. The summed E-state index contributed by atoms with van der Waals surface area (Å²) < 4.78 is 10.6. The summed E-state index contributed by atoms with van der Waals surface area (Å²) in [4.78, 5) is 66.7. The number of nitrogens with zero attached hydrogens (tertiary/aromatic N) is 5. The summed E-state index contributed by atoms with van der Waals surface area (Å²) in [5, 5.41) is 2.94. The molecule has 12 heteroatoms. The Kier molecular flexibility index (Phi) is 10.5. The first-order chi connectivity index (χ1) is 21.8. The Labute approximate surface area is 264 Å². The number of ether oxygens (including phenoxy) is 2. The fourth-order valence-corrected chi connectivity index (χ4v) is 6.23. The van der Waals surface area contributed by atoms with Crippen molar-refractivity contribution in [3.05, 3.63) is 42.1 Å². The summed E-state index contributed by atoms with van der Waals surface area (Å²) in [6.07, 6.45) is 2.58. The molecule has 0 radical (unpaired) electrons. The van der Waals surface area contributed by atoms with Crippen LogP contribution in [0.1, 0.15) is 56.9 Å². The number of hydrogen-bond acceptors (Lipinski definition) is 9. The van der Waals surface area contributed by atoms with E-state index in [0.29, 0.717) is 77.0 Å². The second kappa shape index (κ2) is 14.7. The van der Waals surface area contributed by atoms with Gasteiger partial charge in [-0.1, -0.05) is 57.0 Å². The molecule has 1 N–H and O–H groups in total. The van der Waals surface area contributed by atoms with E-state index in [4.69, 9.17) is 14.5 Å². The molecule has 0 spiro atoms. The third-order valence-electron chi connectivity index (χ3n) is 8.81. The molecule has 3 aliphatic rings. The minimum absolute atomic E-state index is 0.0752. The van der Waals surface area contributed by atoms with Gasteiger partial charge in [0.1, 0.15) is 17.6 Å². The number of nitrogens with one attached hydrogen (secondary N) is 1. The Morgan fingerprint density at radius 2 is 1.60 bits per heavy atom. The lowest BCUT2D eigenvalue weighted by molar-refractivity contribution is -0.145. The molecule has 1 aromatic carbocycles. The number of hydrogen-bond donors (Lipinski definition) is 1. The SMILES string of the molecule is CCCCOC(=O)N1CCN(C(=O)[C@H](CCC)NC(=O)c2cc(N3CC4C(C3)C4C(=O)OCC)nc(-c3ccccc3)n2)CC1. The van der Waals surface area contributed by atoms with Gasteiger partial charge in [-0.3, -0.25) is 14.4 Å². The molecule has 45 heavy (non-hydrogen) atoms. The van der Waals surface area contributed by atoms with Crippen LogP contribution in [0.4, 0.5) is 10.6 Å². The van der Waals surface area contributed by atoms with E-state index in [1.54, 1.807) is 15.9 Å². The maximum Gasteiger partial charge on any atom is 0.409 e. The van der Waals surface area contributed by atoms with Crippen molar-refractivity contribution in [1.29, 1.82) is 0 Å². The van der Waals surface area contributed by atoms with Gasteiger partial charge in [0.05, 0.1) is 19.1 Å². The number of carbonyl (C=O) groups is 4. The van der Waals surface area contributed by atoms with Crippen LogP contribution >= 0.6 is 0 Å². The maximum atomic E-state index is 13.7. The first kappa shape index (κ1) is 32.2. The van der Waals surface area contributed by atoms with Gasteiger partial charge in [-0.05, 0) is 31.6 Å². The van der Waals surface area contributed by atoms with Crippen molar-refractivity contribution < 1.29 is 28.7 Å². The van der Waals surface area contributed by atoms with Crippen molar-refractivity contribution in [2.24, 2.45) is 17.8 Å². The minimum atomic E-state index is -0.728. The van der Waals surface area contributed by atoms with Crippen LogP contribution in [0.15, 0.2) is 36.4 Å². The highest BCUT2D eigenvalue weighted by molar-refractivity contribution is 5.97. The summed E-state index contributed by atoms with van der Waals surface area (Å²) in [5.41, 5.74) is 0.948. The number of amides is 3. The molecule has 2 aromatic rings. The quantitative estimate of drug-likeness (QED) is 0.280. The average Bonchev–Trinajstić information content (AvgIpc) is 3.57. The van der Waals surface area contributed by atoms with Crippen LogP contribution in [0.2, 0.25) is 0 Å². The van der Waals surface area contributed by atoms with Crippen molar-refractivity contribution >= 4 is 29.7 Å². The first-order valence-corrected chi connectivity index (χ1v) is 16.2. The lowest BCUT2D eigenvalue weighted by Crippen LogP contribution is -2.56. The monoisotopic (exact) mass is 620 g/mol. The third-order valence-corrected chi connectivity index (χ3v) is 8.81. The number of unbranched alkanes of at least 4 members (excludes halogenated alkanes) is 1. The van der Waals surface area contributed by atoms with E-state index in [1.165, 1.54) is 0 Å². The lowest BCUT2D eigenvalue weighted by atomic mass is 10.1. The third kappa shape index (κ3) is 7.54. The van der Waals surface area contributed by atoms with E-state index < -0.39 is 11.9 Å². The Bertz CT molecular complexity index is 1350. The minimum Gasteiger partial charge on any atom is -0.466 e. The Hall–Kier alpha value is -4.22. The molecule has 5 rings (SSSR count). The van der Waals surface area contributed by atoms with Gasteiger partial charge in [0.25, 0.3) is 5.91 Å². The zero-order valence-corrected chi connectivity index (χ0v) is 26.4. The normalized spacial score (nSPS) is 21.1. The number of benzene rings is 1. The van der Waals surface area contributed by atoms with Gasteiger partial charge in [0.2, 0.25) is 5.91 Å². The first-order valence-electron chi connectivity index (χ1n) is 16.2. The van der Waals surface area contributed by atoms with Crippen LogP contribution in [-0.4, -0.2) is 102 Å². The van der Waals surface area contributed by atoms with Gasteiger partial charge in [-0.25, -0.2) is 14.8 Å². The zero-order chi connectivity index (χ0) is 31.9. The summed E-state index contributed by atoms with van der Waals surface area (Å²) in [6, 6.07) is 10.4. The smallest absolute Gasteiger partial charge is 0.409 e. The highest BCUT2D eigenvalue weighted by Crippen LogP contribution is 2.53. The average molecular weight is 621 g/mol. The summed E-state index contributed by atoms with van der Waals surface area (Å²) in [7, 11) is 0. The van der Waals surface area contributed by atoms with Crippen LogP contribution in [0, 0.1) is 17.8 Å². The highest BCUT2D eigenvalue weighted by atomic mass is 16.6. The van der Waals surface area contributed by atoms with E-state index >= 15 is 0 Å². The van der Waals surface area contributed by atoms with Gasteiger partial charge < -0.3 is 29.5 Å². The number of rotatable bonds is 12. The van der Waals surface area contributed by atoms with Gasteiger partial charge in [0.15, 0.2) is 5.82 Å². The van der Waals surface area contributed by atoms with Crippen LogP contribution in [0.5, 0.6) is 0 Å². The largest absolute Gasteiger partial charge is 0.466 e. The second-order valence-electron chi connectivity index (χ2n) is 11.9. The van der Waals surface area contributed by atoms with E-state index in [1.807, 2.05) is 51.1 Å². The number of aromatic nitrogens is 2. The number of esters is 1. The molecule has 3 fully saturated rings. The number of carbonyl (C=O) groups excluding carboxylic acids is 4. The van der Waals surface area contributed by atoms with E-state index in [2.05, 4.69) is 15.2 Å². The van der Waals surface area contributed by atoms with Gasteiger partial charge >= 0.3 is 12.1 Å².